The zero-order chi connectivity index (χ0) is 12.2. The second-order valence-corrected chi connectivity index (χ2v) is 4.60. The number of rotatable bonds is 1. The van der Waals surface area contributed by atoms with Gasteiger partial charge in [-0.05, 0) is 34.6 Å². The van der Waals surface area contributed by atoms with Crippen molar-refractivity contribution in [3.05, 3.63) is 0 Å². The number of hydrogen-bond acceptors (Lipinski definition) is 3. The van der Waals surface area contributed by atoms with E-state index in [2.05, 4.69) is 5.43 Å². The molecule has 0 unspecified atom stereocenters. The van der Waals surface area contributed by atoms with Crippen molar-refractivity contribution in [3.63, 3.8) is 0 Å². The lowest BCUT2D eigenvalue weighted by Crippen LogP contribution is -2.50. The molecule has 1 N–H and O–H groups in total. The summed E-state index contributed by atoms with van der Waals surface area (Å²) in [7, 11) is 0. The van der Waals surface area contributed by atoms with E-state index in [-0.39, 0.29) is 11.9 Å². The van der Waals surface area contributed by atoms with Crippen molar-refractivity contribution in [2.24, 2.45) is 0 Å². The van der Waals surface area contributed by atoms with Crippen molar-refractivity contribution in [1.29, 1.82) is 0 Å². The zero-order valence-corrected chi connectivity index (χ0v) is 10.2. The summed E-state index contributed by atoms with van der Waals surface area (Å²) >= 11 is 0. The Morgan fingerprint density at radius 2 is 1.73 bits per heavy atom. The summed E-state index contributed by atoms with van der Waals surface area (Å²) in [6, 6.07) is -0.102. The minimum atomic E-state index is -0.619. The van der Waals surface area contributed by atoms with E-state index in [0.29, 0.717) is 0 Å². The number of nitrogens with zero attached hydrogens (tertiary/aromatic N) is 1. The van der Waals surface area contributed by atoms with E-state index in [1.807, 2.05) is 0 Å². The molecule has 0 atom stereocenters. The van der Waals surface area contributed by atoms with Crippen LogP contribution >= 0.6 is 0 Å². The molecule has 0 aliphatic carbocycles. The standard InChI is InChI=1S/C10H20N2O3/c1-7(2)12(8(3)13)11-9(14)15-10(4,5)6/h7H,1-6H3,(H,11,14). The molecule has 0 fully saturated rings. The predicted octanol–water partition coefficient (Wildman–Crippen LogP) is 1.68. The summed E-state index contributed by atoms with van der Waals surface area (Å²) in [6.45, 7) is 10.3. The van der Waals surface area contributed by atoms with Crippen LogP contribution in [0.2, 0.25) is 0 Å². The number of carbonyl (C=O) groups is 2. The molecule has 0 radical (unpaired) electrons. The third kappa shape index (κ3) is 5.93. The van der Waals surface area contributed by atoms with Gasteiger partial charge in [-0.1, -0.05) is 0 Å². The largest absolute Gasteiger partial charge is 0.443 e. The molecule has 0 saturated carbocycles. The van der Waals surface area contributed by atoms with E-state index in [4.69, 9.17) is 4.74 Å². The molecule has 0 aromatic rings. The number of nitrogens with one attached hydrogen (secondary N) is 1. The van der Waals surface area contributed by atoms with E-state index in [1.54, 1.807) is 34.6 Å². The fourth-order valence-corrected chi connectivity index (χ4v) is 0.971. The quantitative estimate of drug-likeness (QED) is 0.678. The van der Waals surface area contributed by atoms with Gasteiger partial charge in [-0.25, -0.2) is 15.2 Å². The maximum absolute atomic E-state index is 11.4. The maximum atomic E-state index is 11.4. The molecular formula is C10H20N2O3. The predicted molar refractivity (Wildman–Crippen MR) is 57.0 cm³/mol. The minimum Gasteiger partial charge on any atom is -0.443 e. The molecule has 15 heavy (non-hydrogen) atoms. The SMILES string of the molecule is CC(=O)N(NC(=O)OC(C)(C)C)C(C)C. The fourth-order valence-electron chi connectivity index (χ4n) is 0.971. The Morgan fingerprint density at radius 3 is 2.00 bits per heavy atom. The average molecular weight is 216 g/mol. The van der Waals surface area contributed by atoms with Crippen LogP contribution in [0.25, 0.3) is 0 Å². The number of amides is 2. The topological polar surface area (TPSA) is 58.6 Å². The Kier molecular flexibility index (Phi) is 4.58. The van der Waals surface area contributed by atoms with E-state index < -0.39 is 11.7 Å². The average Bonchev–Trinajstić information content (AvgIpc) is 1.95. The summed E-state index contributed by atoms with van der Waals surface area (Å²) < 4.78 is 5.02. The van der Waals surface area contributed by atoms with Gasteiger partial charge < -0.3 is 4.74 Å². The van der Waals surface area contributed by atoms with Gasteiger partial charge in [0, 0.05) is 13.0 Å². The van der Waals surface area contributed by atoms with Gasteiger partial charge >= 0.3 is 6.09 Å². The van der Waals surface area contributed by atoms with Crippen molar-refractivity contribution in [2.75, 3.05) is 0 Å². The second kappa shape index (κ2) is 5.00. The van der Waals surface area contributed by atoms with E-state index in [0.717, 1.165) is 0 Å². The first-order valence-corrected chi connectivity index (χ1v) is 4.93. The molecule has 0 saturated heterocycles. The van der Waals surface area contributed by atoms with Gasteiger partial charge in [0.2, 0.25) is 5.91 Å². The van der Waals surface area contributed by atoms with E-state index in [1.165, 1.54) is 11.9 Å². The first kappa shape index (κ1) is 13.7. The molecule has 5 heteroatoms. The Hall–Kier alpha value is -1.26. The molecule has 0 aliphatic heterocycles. The van der Waals surface area contributed by atoms with Crippen molar-refractivity contribution >= 4 is 12.0 Å². The summed E-state index contributed by atoms with van der Waals surface area (Å²) in [5.41, 5.74) is 1.83. The molecule has 0 bridgehead atoms. The van der Waals surface area contributed by atoms with Crippen LogP contribution in [0.5, 0.6) is 0 Å². The Labute approximate surface area is 90.7 Å². The van der Waals surface area contributed by atoms with Crippen molar-refractivity contribution in [1.82, 2.24) is 10.4 Å². The van der Waals surface area contributed by atoms with E-state index >= 15 is 0 Å². The molecule has 0 rings (SSSR count). The van der Waals surface area contributed by atoms with E-state index in [9.17, 15) is 9.59 Å². The van der Waals surface area contributed by atoms with Crippen molar-refractivity contribution in [2.45, 2.75) is 53.2 Å². The molecular weight excluding hydrogens is 196 g/mol. The van der Waals surface area contributed by atoms with Crippen molar-refractivity contribution in [3.8, 4) is 0 Å². The van der Waals surface area contributed by atoms with Gasteiger partial charge in [0.25, 0.3) is 0 Å². The minimum absolute atomic E-state index is 0.102. The van der Waals surface area contributed by atoms with Crippen LogP contribution in [0.4, 0.5) is 4.79 Å². The van der Waals surface area contributed by atoms with Gasteiger partial charge in [-0.2, -0.15) is 0 Å². The highest BCUT2D eigenvalue weighted by Crippen LogP contribution is 2.07. The van der Waals surface area contributed by atoms with Crippen molar-refractivity contribution < 1.29 is 14.3 Å². The summed E-state index contributed by atoms with van der Waals surface area (Å²) in [4.78, 5) is 22.5. The fraction of sp³-hybridized carbons (Fsp3) is 0.800. The number of hydrogen-bond donors (Lipinski definition) is 1. The van der Waals surface area contributed by atoms with Crippen LogP contribution in [0.15, 0.2) is 0 Å². The van der Waals surface area contributed by atoms with Crippen LogP contribution in [-0.4, -0.2) is 28.7 Å². The van der Waals surface area contributed by atoms with Crippen LogP contribution in [0, 0.1) is 0 Å². The van der Waals surface area contributed by atoms with Gasteiger partial charge in [0.05, 0.1) is 0 Å². The third-order valence-corrected chi connectivity index (χ3v) is 1.47. The van der Waals surface area contributed by atoms with Gasteiger partial charge in [0.1, 0.15) is 5.60 Å². The molecule has 0 aliphatic rings. The highest BCUT2D eigenvalue weighted by Gasteiger charge is 2.20. The highest BCUT2D eigenvalue weighted by molar-refractivity contribution is 5.77. The highest BCUT2D eigenvalue weighted by atomic mass is 16.6. The van der Waals surface area contributed by atoms with Crippen LogP contribution in [-0.2, 0) is 9.53 Å². The summed E-state index contributed by atoms with van der Waals surface area (Å²) in [6.07, 6.45) is -0.619. The smallest absolute Gasteiger partial charge is 0.426 e. The maximum Gasteiger partial charge on any atom is 0.426 e. The molecule has 0 spiro atoms. The second-order valence-electron chi connectivity index (χ2n) is 4.60. The lowest BCUT2D eigenvalue weighted by molar-refractivity contribution is -0.133. The van der Waals surface area contributed by atoms with Gasteiger partial charge in [-0.15, -0.1) is 0 Å². The first-order valence-electron chi connectivity index (χ1n) is 4.93. The van der Waals surface area contributed by atoms with Gasteiger partial charge in [0.15, 0.2) is 0 Å². The molecule has 0 aromatic carbocycles. The number of ether oxygens (including phenoxy) is 1. The lowest BCUT2D eigenvalue weighted by atomic mass is 10.2. The van der Waals surface area contributed by atoms with Crippen LogP contribution in [0.1, 0.15) is 41.5 Å². The molecule has 88 valence electrons. The Morgan fingerprint density at radius 1 is 1.27 bits per heavy atom. The Balaban J connectivity index is 4.31. The number of hydrazine groups is 1. The van der Waals surface area contributed by atoms with Crippen LogP contribution in [0.3, 0.4) is 0 Å². The Bertz CT molecular complexity index is 244. The van der Waals surface area contributed by atoms with Gasteiger partial charge in [-0.3, -0.25) is 4.79 Å². The summed E-state index contributed by atoms with van der Waals surface area (Å²) in [5.74, 6) is -0.226. The normalized spacial score (nSPS) is 11.1. The van der Waals surface area contributed by atoms with Crippen LogP contribution < -0.4 is 5.43 Å². The molecule has 0 heterocycles. The monoisotopic (exact) mass is 216 g/mol. The third-order valence-electron chi connectivity index (χ3n) is 1.47. The molecule has 0 aromatic heterocycles. The number of carbonyl (C=O) groups excluding carboxylic acids is 2. The molecule has 5 nitrogen and oxygen atoms in total. The zero-order valence-electron chi connectivity index (χ0n) is 10.2. The first-order chi connectivity index (χ1) is 6.63. The lowest BCUT2D eigenvalue weighted by Gasteiger charge is -2.27. The summed E-state index contributed by atoms with van der Waals surface area (Å²) in [5, 5.41) is 1.23. The molecule has 2 amide bonds.